The molecule has 0 bridgehead atoms. The van der Waals surface area contributed by atoms with Crippen molar-refractivity contribution in [2.45, 2.75) is 50.6 Å². The largest absolute Gasteiger partial charge is 0.339 e. The number of carbonyl (C=O) groups excluding carboxylic acids is 1. The van der Waals surface area contributed by atoms with E-state index < -0.39 is 16.1 Å². The Morgan fingerprint density at radius 1 is 1.19 bits per heavy atom. The average molecular weight is 380 g/mol. The van der Waals surface area contributed by atoms with Crippen LogP contribution in [-0.2, 0) is 14.8 Å². The molecule has 0 spiro atoms. The third-order valence-corrected chi connectivity index (χ3v) is 7.54. The summed E-state index contributed by atoms with van der Waals surface area (Å²) in [6.45, 7) is 3.34. The first-order valence-corrected chi connectivity index (χ1v) is 11.1. The molecule has 1 unspecified atom stereocenters. The van der Waals surface area contributed by atoms with Crippen molar-refractivity contribution in [1.29, 1.82) is 0 Å². The summed E-state index contributed by atoms with van der Waals surface area (Å²) in [4.78, 5) is 14.9. The molecule has 2 aliphatic rings. The summed E-state index contributed by atoms with van der Waals surface area (Å²) < 4.78 is 26.6. The van der Waals surface area contributed by atoms with Gasteiger partial charge in [0.15, 0.2) is 0 Å². The minimum absolute atomic E-state index is 0.0849. The second-order valence-electron chi connectivity index (χ2n) is 7.36. The zero-order valence-corrected chi connectivity index (χ0v) is 16.2. The van der Waals surface area contributed by atoms with E-state index in [0.717, 1.165) is 18.4 Å². The summed E-state index contributed by atoms with van der Waals surface area (Å²) in [5.74, 6) is 0.117. The maximum Gasteiger partial charge on any atom is 0.241 e. The molecule has 26 heavy (non-hydrogen) atoms. The molecule has 2 N–H and O–H groups in total. The van der Waals surface area contributed by atoms with Crippen LogP contribution in [-0.4, -0.2) is 61.0 Å². The molecule has 0 aliphatic carbocycles. The molecule has 6 nitrogen and oxygen atoms in total. The number of hydrogen-bond acceptors (Lipinski definition) is 4. The highest BCUT2D eigenvalue weighted by Crippen LogP contribution is 2.29. The fourth-order valence-electron chi connectivity index (χ4n) is 4.13. The van der Waals surface area contributed by atoms with Crippen molar-refractivity contribution in [3.8, 4) is 0 Å². The molecule has 0 saturated carbocycles. The highest BCUT2D eigenvalue weighted by atomic mass is 32.2. The van der Waals surface area contributed by atoms with Crippen molar-refractivity contribution in [2.24, 2.45) is 5.73 Å². The van der Waals surface area contributed by atoms with Crippen LogP contribution in [0.4, 0.5) is 0 Å². The lowest BCUT2D eigenvalue weighted by Gasteiger charge is -2.35. The molecular formula is C19H29N3O3S. The summed E-state index contributed by atoms with van der Waals surface area (Å²) in [6.07, 6.45) is 2.86. The molecule has 1 aromatic rings. The van der Waals surface area contributed by atoms with Gasteiger partial charge in [-0.25, -0.2) is 8.42 Å². The van der Waals surface area contributed by atoms with Gasteiger partial charge < -0.3 is 10.6 Å². The smallest absolute Gasteiger partial charge is 0.241 e. The van der Waals surface area contributed by atoms with Gasteiger partial charge in [0.1, 0.15) is 6.04 Å². The lowest BCUT2D eigenvalue weighted by molar-refractivity contribution is -0.135. The molecule has 2 saturated heterocycles. The number of likely N-dealkylation sites (tertiary alicyclic amines) is 1. The van der Waals surface area contributed by atoms with Crippen molar-refractivity contribution in [3.63, 3.8) is 0 Å². The van der Waals surface area contributed by atoms with Gasteiger partial charge in [0.05, 0.1) is 5.75 Å². The second kappa shape index (κ2) is 8.06. The van der Waals surface area contributed by atoms with Crippen molar-refractivity contribution in [2.75, 3.05) is 25.4 Å². The van der Waals surface area contributed by atoms with Crippen LogP contribution in [0, 0.1) is 0 Å². The van der Waals surface area contributed by atoms with Gasteiger partial charge in [-0.15, -0.1) is 0 Å². The number of amides is 1. The summed E-state index contributed by atoms with van der Waals surface area (Å²) in [6, 6.07) is 9.31. The number of carbonyl (C=O) groups is 1. The lowest BCUT2D eigenvalue weighted by Crippen LogP contribution is -2.53. The predicted molar refractivity (Wildman–Crippen MR) is 102 cm³/mol. The number of hydrogen-bond donors (Lipinski definition) is 1. The van der Waals surface area contributed by atoms with Gasteiger partial charge in [0.25, 0.3) is 0 Å². The molecule has 1 amide bonds. The Kier molecular flexibility index (Phi) is 5.99. The minimum atomic E-state index is -3.38. The van der Waals surface area contributed by atoms with E-state index in [1.165, 1.54) is 4.31 Å². The predicted octanol–water partition coefficient (Wildman–Crippen LogP) is 1.53. The maximum atomic E-state index is 13.1. The van der Waals surface area contributed by atoms with Crippen molar-refractivity contribution >= 4 is 15.9 Å². The first kappa shape index (κ1) is 19.3. The first-order valence-electron chi connectivity index (χ1n) is 9.53. The molecule has 2 heterocycles. The van der Waals surface area contributed by atoms with E-state index >= 15 is 0 Å². The van der Waals surface area contributed by atoms with E-state index in [2.05, 4.69) is 0 Å². The topological polar surface area (TPSA) is 83.7 Å². The Balaban J connectivity index is 1.75. The van der Waals surface area contributed by atoms with Crippen molar-refractivity contribution in [3.05, 3.63) is 35.9 Å². The van der Waals surface area contributed by atoms with E-state index in [-0.39, 0.29) is 23.6 Å². The van der Waals surface area contributed by atoms with Crippen molar-refractivity contribution < 1.29 is 13.2 Å². The lowest BCUT2D eigenvalue weighted by atomic mass is 9.95. The molecule has 0 radical (unpaired) electrons. The number of nitrogens with zero attached hydrogens (tertiary/aromatic N) is 2. The number of nitrogens with two attached hydrogens (primary N) is 1. The molecule has 2 aliphatic heterocycles. The number of piperidine rings is 1. The summed E-state index contributed by atoms with van der Waals surface area (Å²) in [5, 5.41) is 0. The van der Waals surface area contributed by atoms with Gasteiger partial charge in [-0.05, 0) is 24.8 Å². The van der Waals surface area contributed by atoms with Crippen LogP contribution in [0.3, 0.4) is 0 Å². The Hall–Kier alpha value is -1.44. The van der Waals surface area contributed by atoms with Crippen LogP contribution in [0.25, 0.3) is 0 Å². The molecular weight excluding hydrogens is 350 g/mol. The summed E-state index contributed by atoms with van der Waals surface area (Å²) >= 11 is 0. The standard InChI is InChI=1S/C19H29N3O3S/c1-2-12-26(24,25)22-11-7-6-10-18(22)19(23)21-13-16(17(20)14-21)15-8-4-3-5-9-15/h3-5,8-9,16-18H,2,6-7,10-14,20H2,1H3/t16-,17+,18?/m0/s1. The van der Waals surface area contributed by atoms with Crippen LogP contribution in [0.2, 0.25) is 0 Å². The maximum absolute atomic E-state index is 13.1. The summed E-state index contributed by atoms with van der Waals surface area (Å²) in [7, 11) is -3.38. The van der Waals surface area contributed by atoms with Crippen LogP contribution < -0.4 is 5.73 Å². The highest BCUT2D eigenvalue weighted by Gasteiger charge is 2.42. The molecule has 0 aromatic heterocycles. The molecule has 7 heteroatoms. The Labute approximate surface area is 156 Å². The average Bonchev–Trinajstić information content (AvgIpc) is 3.03. The van der Waals surface area contributed by atoms with E-state index in [4.69, 9.17) is 5.73 Å². The second-order valence-corrected chi connectivity index (χ2v) is 9.40. The minimum Gasteiger partial charge on any atom is -0.339 e. The molecule has 3 rings (SSSR count). The van der Waals surface area contributed by atoms with E-state index in [1.54, 1.807) is 4.90 Å². The van der Waals surface area contributed by atoms with Gasteiger partial charge in [-0.3, -0.25) is 4.79 Å². The highest BCUT2D eigenvalue weighted by molar-refractivity contribution is 7.89. The van der Waals surface area contributed by atoms with E-state index in [1.807, 2.05) is 37.3 Å². The van der Waals surface area contributed by atoms with E-state index in [0.29, 0.717) is 32.5 Å². The number of sulfonamides is 1. The number of rotatable bonds is 5. The Morgan fingerprint density at radius 2 is 1.92 bits per heavy atom. The Morgan fingerprint density at radius 3 is 2.62 bits per heavy atom. The monoisotopic (exact) mass is 379 g/mol. The van der Waals surface area contributed by atoms with Crippen LogP contribution in [0.15, 0.2) is 30.3 Å². The normalized spacial score (nSPS) is 27.6. The quantitative estimate of drug-likeness (QED) is 0.841. The fourth-order valence-corrected chi connectivity index (χ4v) is 5.87. The van der Waals surface area contributed by atoms with Crippen LogP contribution in [0.1, 0.15) is 44.1 Å². The zero-order valence-electron chi connectivity index (χ0n) is 15.4. The molecule has 1 aromatic carbocycles. The van der Waals surface area contributed by atoms with Gasteiger partial charge in [0, 0.05) is 31.6 Å². The zero-order chi connectivity index (χ0) is 18.7. The molecule has 3 atom stereocenters. The van der Waals surface area contributed by atoms with Gasteiger partial charge in [-0.2, -0.15) is 4.31 Å². The third-order valence-electron chi connectivity index (χ3n) is 5.46. The third kappa shape index (κ3) is 3.94. The fraction of sp³-hybridized carbons (Fsp3) is 0.632. The SMILES string of the molecule is CCCS(=O)(=O)N1CCCCC1C(=O)N1C[C@@H](N)[C@H](c2ccccc2)C1. The van der Waals surface area contributed by atoms with Gasteiger partial charge >= 0.3 is 0 Å². The first-order chi connectivity index (χ1) is 12.4. The number of benzene rings is 1. The van der Waals surface area contributed by atoms with Gasteiger partial charge in [0.2, 0.25) is 15.9 Å². The molecule has 2 fully saturated rings. The summed E-state index contributed by atoms with van der Waals surface area (Å²) in [5.41, 5.74) is 7.44. The van der Waals surface area contributed by atoms with E-state index in [9.17, 15) is 13.2 Å². The Bertz CT molecular complexity index is 723. The van der Waals surface area contributed by atoms with Crippen molar-refractivity contribution in [1.82, 2.24) is 9.21 Å². The van der Waals surface area contributed by atoms with Gasteiger partial charge in [-0.1, -0.05) is 43.7 Å². The van der Waals surface area contributed by atoms with Crippen LogP contribution in [0.5, 0.6) is 0 Å². The van der Waals surface area contributed by atoms with Crippen LogP contribution >= 0.6 is 0 Å². The molecule has 144 valence electrons.